The van der Waals surface area contributed by atoms with E-state index in [0.29, 0.717) is 0 Å². The first kappa shape index (κ1) is 7.49. The van der Waals surface area contributed by atoms with E-state index in [1.54, 1.807) is 12.4 Å². The van der Waals surface area contributed by atoms with Gasteiger partial charge in [-0.15, -0.1) is 0 Å². The Morgan fingerprint density at radius 1 is 1.25 bits per heavy atom. The van der Waals surface area contributed by atoms with Crippen LogP contribution in [0.1, 0.15) is 0 Å². The second-order valence-electron chi connectivity index (χ2n) is 2.70. The van der Waals surface area contributed by atoms with E-state index in [9.17, 15) is 0 Å². The molecule has 0 aromatic carbocycles. The number of anilines is 1. The van der Waals surface area contributed by atoms with Gasteiger partial charge in [-0.2, -0.15) is 10.2 Å². The third-order valence-corrected chi connectivity index (χ3v) is 1.94. The molecule has 4 heteroatoms. The number of ether oxygens (including phenoxy) is 1. The molecular weight excluding hydrogens is 154 g/mol. The van der Waals surface area contributed by atoms with E-state index in [2.05, 4.69) is 15.1 Å². The molecule has 1 aromatic rings. The van der Waals surface area contributed by atoms with Gasteiger partial charge in [-0.25, -0.2) is 0 Å². The zero-order chi connectivity index (χ0) is 8.23. The summed E-state index contributed by atoms with van der Waals surface area (Å²) >= 11 is 0. The fourth-order valence-electron chi connectivity index (χ4n) is 1.29. The lowest BCUT2D eigenvalue weighted by molar-refractivity contribution is 0.122. The van der Waals surface area contributed by atoms with E-state index in [4.69, 9.17) is 4.74 Å². The standard InChI is InChI=1S/C8H11N3O/c1-2-9-10-7-8(1)11-3-5-12-6-4-11/h1-2,7H,3-6H2. The molecular formula is C8H11N3O. The van der Waals surface area contributed by atoms with Crippen LogP contribution in [-0.4, -0.2) is 36.5 Å². The predicted molar refractivity (Wildman–Crippen MR) is 45.1 cm³/mol. The second kappa shape index (κ2) is 3.49. The van der Waals surface area contributed by atoms with Crippen LogP contribution in [0.3, 0.4) is 0 Å². The average Bonchev–Trinajstić information content (AvgIpc) is 2.21. The van der Waals surface area contributed by atoms with E-state index in [1.807, 2.05) is 6.07 Å². The van der Waals surface area contributed by atoms with Crippen LogP contribution >= 0.6 is 0 Å². The lowest BCUT2D eigenvalue weighted by Gasteiger charge is -2.28. The molecule has 0 radical (unpaired) electrons. The van der Waals surface area contributed by atoms with Crippen LogP contribution in [0.4, 0.5) is 5.69 Å². The summed E-state index contributed by atoms with van der Waals surface area (Å²) in [6.45, 7) is 3.52. The van der Waals surface area contributed by atoms with Gasteiger partial charge in [0.15, 0.2) is 0 Å². The minimum atomic E-state index is 0.808. The number of aromatic nitrogens is 2. The quantitative estimate of drug-likeness (QED) is 0.600. The number of morpholine rings is 1. The highest BCUT2D eigenvalue weighted by Crippen LogP contribution is 2.11. The summed E-state index contributed by atoms with van der Waals surface area (Å²) in [5, 5.41) is 7.56. The first-order valence-corrected chi connectivity index (χ1v) is 4.06. The van der Waals surface area contributed by atoms with Gasteiger partial charge >= 0.3 is 0 Å². The fourth-order valence-corrected chi connectivity index (χ4v) is 1.29. The first-order chi connectivity index (χ1) is 5.97. The summed E-state index contributed by atoms with van der Waals surface area (Å²) in [4.78, 5) is 2.25. The number of hydrogen-bond acceptors (Lipinski definition) is 4. The normalized spacial score (nSPS) is 17.8. The van der Waals surface area contributed by atoms with Crippen LogP contribution < -0.4 is 4.90 Å². The highest BCUT2D eigenvalue weighted by molar-refractivity contribution is 5.42. The van der Waals surface area contributed by atoms with Crippen molar-refractivity contribution in [2.24, 2.45) is 0 Å². The van der Waals surface area contributed by atoms with Crippen LogP contribution in [0, 0.1) is 0 Å². The van der Waals surface area contributed by atoms with Crippen molar-refractivity contribution in [2.45, 2.75) is 0 Å². The lowest BCUT2D eigenvalue weighted by Crippen LogP contribution is -2.36. The highest BCUT2D eigenvalue weighted by Gasteiger charge is 2.10. The summed E-state index contributed by atoms with van der Waals surface area (Å²) in [6, 6.07) is 1.97. The molecule has 0 N–H and O–H groups in total. The Bertz CT molecular complexity index is 233. The van der Waals surface area contributed by atoms with Crippen molar-refractivity contribution in [1.82, 2.24) is 10.2 Å². The van der Waals surface area contributed by atoms with Gasteiger partial charge in [0.05, 0.1) is 31.3 Å². The van der Waals surface area contributed by atoms with E-state index >= 15 is 0 Å². The van der Waals surface area contributed by atoms with Crippen molar-refractivity contribution >= 4 is 5.69 Å². The largest absolute Gasteiger partial charge is 0.378 e. The van der Waals surface area contributed by atoms with Gasteiger partial charge in [0.1, 0.15) is 0 Å². The summed E-state index contributed by atoms with van der Waals surface area (Å²) in [5.74, 6) is 0. The molecule has 1 aromatic heterocycles. The molecule has 2 rings (SSSR count). The van der Waals surface area contributed by atoms with Crippen molar-refractivity contribution in [2.75, 3.05) is 31.2 Å². The van der Waals surface area contributed by atoms with Crippen LogP contribution in [-0.2, 0) is 4.74 Å². The maximum absolute atomic E-state index is 5.24. The number of rotatable bonds is 1. The zero-order valence-corrected chi connectivity index (χ0v) is 6.81. The summed E-state index contributed by atoms with van der Waals surface area (Å²) in [7, 11) is 0. The van der Waals surface area contributed by atoms with E-state index in [-0.39, 0.29) is 0 Å². The molecule has 0 unspecified atom stereocenters. The molecule has 0 atom stereocenters. The SMILES string of the molecule is c1cc(N2CCOCC2)cnn1. The van der Waals surface area contributed by atoms with Crippen molar-refractivity contribution in [3.63, 3.8) is 0 Å². The molecule has 0 aliphatic carbocycles. The maximum atomic E-state index is 5.24. The molecule has 0 bridgehead atoms. The Labute approximate surface area is 71.2 Å². The summed E-state index contributed by atoms with van der Waals surface area (Å²) in [6.07, 6.45) is 3.50. The summed E-state index contributed by atoms with van der Waals surface area (Å²) < 4.78 is 5.24. The molecule has 1 aliphatic heterocycles. The minimum Gasteiger partial charge on any atom is -0.378 e. The fraction of sp³-hybridized carbons (Fsp3) is 0.500. The first-order valence-electron chi connectivity index (χ1n) is 4.06. The van der Waals surface area contributed by atoms with Crippen LogP contribution in [0.25, 0.3) is 0 Å². The van der Waals surface area contributed by atoms with Crippen LogP contribution in [0.5, 0.6) is 0 Å². The molecule has 0 amide bonds. The zero-order valence-electron chi connectivity index (χ0n) is 6.81. The molecule has 1 saturated heterocycles. The lowest BCUT2D eigenvalue weighted by atomic mass is 10.3. The molecule has 0 saturated carbocycles. The van der Waals surface area contributed by atoms with Gasteiger partial charge in [0.2, 0.25) is 0 Å². The van der Waals surface area contributed by atoms with Gasteiger partial charge < -0.3 is 9.64 Å². The summed E-state index contributed by atoms with van der Waals surface area (Å²) in [5.41, 5.74) is 1.13. The van der Waals surface area contributed by atoms with Crippen molar-refractivity contribution < 1.29 is 4.74 Å². The van der Waals surface area contributed by atoms with Crippen molar-refractivity contribution in [3.05, 3.63) is 18.5 Å². The van der Waals surface area contributed by atoms with Crippen molar-refractivity contribution in [1.29, 1.82) is 0 Å². The van der Waals surface area contributed by atoms with Gasteiger partial charge in [-0.3, -0.25) is 0 Å². The Balaban J connectivity index is 2.08. The van der Waals surface area contributed by atoms with Crippen molar-refractivity contribution in [3.8, 4) is 0 Å². The molecule has 2 heterocycles. The Morgan fingerprint density at radius 2 is 2.08 bits per heavy atom. The van der Waals surface area contributed by atoms with Gasteiger partial charge in [-0.05, 0) is 6.07 Å². The smallest absolute Gasteiger partial charge is 0.0729 e. The molecule has 1 aliphatic rings. The number of nitrogens with zero attached hydrogens (tertiary/aromatic N) is 3. The predicted octanol–water partition coefficient (Wildman–Crippen LogP) is 0.313. The van der Waals surface area contributed by atoms with E-state index < -0.39 is 0 Å². The monoisotopic (exact) mass is 165 g/mol. The average molecular weight is 165 g/mol. The third-order valence-electron chi connectivity index (χ3n) is 1.94. The van der Waals surface area contributed by atoms with Crippen LogP contribution in [0.2, 0.25) is 0 Å². The Morgan fingerprint density at radius 3 is 2.75 bits per heavy atom. The van der Waals surface area contributed by atoms with Gasteiger partial charge in [-0.1, -0.05) is 0 Å². The number of hydrogen-bond donors (Lipinski definition) is 0. The Kier molecular flexibility index (Phi) is 2.18. The Hall–Kier alpha value is -1.16. The molecule has 64 valence electrons. The maximum Gasteiger partial charge on any atom is 0.0729 e. The van der Waals surface area contributed by atoms with Gasteiger partial charge in [0, 0.05) is 13.1 Å². The second-order valence-corrected chi connectivity index (χ2v) is 2.70. The van der Waals surface area contributed by atoms with Crippen LogP contribution in [0.15, 0.2) is 18.5 Å². The molecule has 4 nitrogen and oxygen atoms in total. The topological polar surface area (TPSA) is 38.2 Å². The minimum absolute atomic E-state index is 0.808. The van der Waals surface area contributed by atoms with Gasteiger partial charge in [0.25, 0.3) is 0 Å². The molecule has 12 heavy (non-hydrogen) atoms. The highest BCUT2D eigenvalue weighted by atomic mass is 16.5. The molecule has 1 fully saturated rings. The third kappa shape index (κ3) is 1.53. The van der Waals surface area contributed by atoms with E-state index in [0.717, 1.165) is 32.0 Å². The molecule has 0 spiro atoms. The van der Waals surface area contributed by atoms with E-state index in [1.165, 1.54) is 0 Å².